The monoisotopic (exact) mass is 491 g/mol. The van der Waals surface area contributed by atoms with Gasteiger partial charge in [-0.3, -0.25) is 0 Å². The molecule has 3 rings (SSSR count). The van der Waals surface area contributed by atoms with E-state index in [1.54, 1.807) is 13.2 Å². The summed E-state index contributed by atoms with van der Waals surface area (Å²) < 4.78 is 25.8. The Balaban J connectivity index is 1.74. The van der Waals surface area contributed by atoms with Gasteiger partial charge in [-0.15, -0.1) is 0 Å². The average Bonchev–Trinajstić information content (AvgIpc) is 2.67. The Hall–Kier alpha value is -2.28. The van der Waals surface area contributed by atoms with Gasteiger partial charge < -0.3 is 14.8 Å². The van der Waals surface area contributed by atoms with E-state index >= 15 is 0 Å². The molecule has 0 saturated heterocycles. The molecule has 1 N–H and O–H groups in total. The van der Waals surface area contributed by atoms with Gasteiger partial charge in [0.15, 0.2) is 11.5 Å². The molecule has 0 unspecified atom stereocenters. The first-order chi connectivity index (χ1) is 13.5. The predicted octanol–water partition coefficient (Wildman–Crippen LogP) is 6.25. The number of halogens is 2. The van der Waals surface area contributed by atoms with Crippen LogP contribution in [0.25, 0.3) is 0 Å². The Kier molecular flexibility index (Phi) is 6.78. The zero-order chi connectivity index (χ0) is 20.1. The van der Waals surface area contributed by atoms with Crippen LogP contribution >= 0.6 is 22.6 Å². The normalized spacial score (nSPS) is 10.6. The molecule has 0 saturated carbocycles. The van der Waals surface area contributed by atoms with Gasteiger partial charge in [-0.2, -0.15) is 0 Å². The maximum absolute atomic E-state index is 13.4. The third-order valence-corrected chi connectivity index (χ3v) is 5.24. The molecule has 28 heavy (non-hydrogen) atoms. The lowest BCUT2D eigenvalue weighted by Crippen LogP contribution is -2.04. The largest absolute Gasteiger partial charge is 0.493 e. The van der Waals surface area contributed by atoms with E-state index in [0.717, 1.165) is 20.4 Å². The number of methoxy groups -OCH3 is 1. The van der Waals surface area contributed by atoms with Crippen molar-refractivity contribution in [3.05, 3.63) is 86.2 Å². The molecule has 3 nitrogen and oxygen atoms in total. The summed E-state index contributed by atoms with van der Waals surface area (Å²) in [5.74, 6) is 1.07. The van der Waals surface area contributed by atoms with Crippen molar-refractivity contribution in [1.29, 1.82) is 0 Å². The molecule has 0 bridgehead atoms. The van der Waals surface area contributed by atoms with Crippen molar-refractivity contribution in [3.63, 3.8) is 0 Å². The molecule has 3 aromatic carbocycles. The number of benzene rings is 3. The Morgan fingerprint density at radius 1 is 1.00 bits per heavy atom. The highest BCUT2D eigenvalue weighted by atomic mass is 127. The van der Waals surface area contributed by atoms with E-state index in [0.29, 0.717) is 18.0 Å². The summed E-state index contributed by atoms with van der Waals surface area (Å²) in [6.45, 7) is 5.14. The molecule has 0 amide bonds. The molecular weight excluding hydrogens is 468 g/mol. The second-order valence-electron chi connectivity index (χ2n) is 6.70. The van der Waals surface area contributed by atoms with Crippen LogP contribution in [0.15, 0.2) is 54.6 Å². The molecule has 0 aliphatic rings. The van der Waals surface area contributed by atoms with Gasteiger partial charge >= 0.3 is 0 Å². The number of hydrogen-bond donors (Lipinski definition) is 1. The van der Waals surface area contributed by atoms with Gasteiger partial charge in [-0.05, 0) is 89.0 Å². The van der Waals surface area contributed by atoms with Crippen LogP contribution in [-0.4, -0.2) is 7.11 Å². The number of rotatable bonds is 7. The third-order valence-electron chi connectivity index (χ3n) is 4.44. The molecule has 5 heteroatoms. The summed E-state index contributed by atoms with van der Waals surface area (Å²) >= 11 is 2.24. The van der Waals surface area contributed by atoms with Gasteiger partial charge in [-0.25, -0.2) is 4.39 Å². The molecule has 0 aliphatic carbocycles. The van der Waals surface area contributed by atoms with Crippen LogP contribution in [0.4, 0.5) is 10.1 Å². The van der Waals surface area contributed by atoms with E-state index in [4.69, 9.17) is 9.47 Å². The third kappa shape index (κ3) is 5.16. The highest BCUT2D eigenvalue weighted by molar-refractivity contribution is 14.1. The molecule has 0 aromatic heterocycles. The van der Waals surface area contributed by atoms with Crippen molar-refractivity contribution in [1.82, 2.24) is 0 Å². The first-order valence-corrected chi connectivity index (χ1v) is 10.1. The fourth-order valence-electron chi connectivity index (χ4n) is 2.92. The van der Waals surface area contributed by atoms with Gasteiger partial charge in [0.1, 0.15) is 12.4 Å². The van der Waals surface area contributed by atoms with Crippen LogP contribution < -0.4 is 14.8 Å². The van der Waals surface area contributed by atoms with Crippen molar-refractivity contribution in [3.8, 4) is 11.5 Å². The molecule has 0 heterocycles. The van der Waals surface area contributed by atoms with Gasteiger partial charge in [0.2, 0.25) is 0 Å². The summed E-state index contributed by atoms with van der Waals surface area (Å²) in [5, 5.41) is 3.49. The van der Waals surface area contributed by atoms with E-state index in [9.17, 15) is 4.39 Å². The number of nitrogens with one attached hydrogen (secondary N) is 1. The highest BCUT2D eigenvalue weighted by Crippen LogP contribution is 2.35. The predicted molar refractivity (Wildman–Crippen MR) is 120 cm³/mol. The smallest absolute Gasteiger partial charge is 0.174 e. The minimum Gasteiger partial charge on any atom is -0.493 e. The first-order valence-electron chi connectivity index (χ1n) is 9.01. The number of anilines is 1. The van der Waals surface area contributed by atoms with Crippen LogP contribution in [-0.2, 0) is 13.2 Å². The van der Waals surface area contributed by atoms with Crippen molar-refractivity contribution in [2.75, 3.05) is 12.4 Å². The van der Waals surface area contributed by atoms with Crippen molar-refractivity contribution in [2.45, 2.75) is 27.0 Å². The number of hydrogen-bond acceptors (Lipinski definition) is 3. The average molecular weight is 491 g/mol. The lowest BCUT2D eigenvalue weighted by molar-refractivity contribution is 0.281. The summed E-state index contributed by atoms with van der Waals surface area (Å²) in [7, 11) is 1.63. The van der Waals surface area contributed by atoms with Crippen molar-refractivity contribution < 1.29 is 13.9 Å². The van der Waals surface area contributed by atoms with Crippen LogP contribution in [0.5, 0.6) is 11.5 Å². The van der Waals surface area contributed by atoms with E-state index in [1.165, 1.54) is 23.3 Å². The Labute approximate surface area is 179 Å². The first kappa shape index (κ1) is 20.5. The number of ether oxygens (including phenoxy) is 2. The standard InChI is InChI=1S/C23H23FINO2/c1-15-7-8-16(2)21(9-15)26-13-18-11-20(25)23(22(12-18)27-3)28-14-17-5-4-6-19(24)10-17/h4-12,26H,13-14H2,1-3H3. The lowest BCUT2D eigenvalue weighted by atomic mass is 10.1. The fraction of sp³-hybridized carbons (Fsp3) is 0.217. The summed E-state index contributed by atoms with van der Waals surface area (Å²) in [5.41, 5.74) is 5.43. The SMILES string of the molecule is COc1cc(CNc2cc(C)ccc2C)cc(I)c1OCc1cccc(F)c1. The topological polar surface area (TPSA) is 30.5 Å². The van der Waals surface area contributed by atoms with E-state index in [2.05, 4.69) is 66.0 Å². The summed E-state index contributed by atoms with van der Waals surface area (Å²) in [6, 6.07) is 16.8. The highest BCUT2D eigenvalue weighted by Gasteiger charge is 2.12. The maximum atomic E-state index is 13.4. The quantitative estimate of drug-likeness (QED) is 0.397. The van der Waals surface area contributed by atoms with Crippen molar-refractivity contribution in [2.24, 2.45) is 0 Å². The van der Waals surface area contributed by atoms with E-state index in [-0.39, 0.29) is 12.4 Å². The minimum atomic E-state index is -0.268. The second-order valence-corrected chi connectivity index (χ2v) is 7.86. The Morgan fingerprint density at radius 2 is 1.82 bits per heavy atom. The Bertz CT molecular complexity index is 975. The van der Waals surface area contributed by atoms with Gasteiger partial charge in [0.05, 0.1) is 10.7 Å². The second kappa shape index (κ2) is 9.28. The fourth-order valence-corrected chi connectivity index (χ4v) is 3.74. The maximum Gasteiger partial charge on any atom is 0.174 e. The zero-order valence-electron chi connectivity index (χ0n) is 16.2. The molecule has 0 fully saturated rings. The van der Waals surface area contributed by atoms with E-state index in [1.807, 2.05) is 12.1 Å². The Morgan fingerprint density at radius 3 is 2.57 bits per heavy atom. The zero-order valence-corrected chi connectivity index (χ0v) is 18.3. The number of aryl methyl sites for hydroxylation is 2. The molecule has 0 spiro atoms. The molecule has 0 atom stereocenters. The van der Waals surface area contributed by atoms with Crippen LogP contribution in [0, 0.1) is 23.2 Å². The summed E-state index contributed by atoms with van der Waals surface area (Å²) in [6.07, 6.45) is 0. The van der Waals surface area contributed by atoms with Crippen LogP contribution in [0.2, 0.25) is 0 Å². The van der Waals surface area contributed by atoms with Crippen LogP contribution in [0.3, 0.4) is 0 Å². The van der Waals surface area contributed by atoms with Crippen LogP contribution in [0.1, 0.15) is 22.3 Å². The molecule has 0 aliphatic heterocycles. The minimum absolute atomic E-state index is 0.268. The molecule has 3 aromatic rings. The van der Waals surface area contributed by atoms with E-state index < -0.39 is 0 Å². The lowest BCUT2D eigenvalue weighted by Gasteiger charge is -2.16. The summed E-state index contributed by atoms with van der Waals surface area (Å²) in [4.78, 5) is 0. The van der Waals surface area contributed by atoms with Crippen molar-refractivity contribution >= 4 is 28.3 Å². The molecule has 0 radical (unpaired) electrons. The van der Waals surface area contributed by atoms with Gasteiger partial charge in [-0.1, -0.05) is 24.3 Å². The van der Waals surface area contributed by atoms with Gasteiger partial charge in [0.25, 0.3) is 0 Å². The molecular formula is C23H23FINO2. The van der Waals surface area contributed by atoms with Gasteiger partial charge in [0, 0.05) is 12.2 Å². The molecule has 146 valence electrons.